The molecule has 0 unspecified atom stereocenters. The van der Waals surface area contributed by atoms with E-state index in [1.807, 2.05) is 42.5 Å². The number of phenols is 1. The Hall–Kier alpha value is -3.07. The van der Waals surface area contributed by atoms with Crippen LogP contribution >= 0.6 is 0 Å². The van der Waals surface area contributed by atoms with E-state index in [0.29, 0.717) is 0 Å². The molecule has 0 spiro atoms. The summed E-state index contributed by atoms with van der Waals surface area (Å²) < 4.78 is 0. The summed E-state index contributed by atoms with van der Waals surface area (Å²) >= 11 is 0. The Morgan fingerprint density at radius 2 is 1.64 bits per heavy atom. The SMILES string of the molecule is O=C(/C=C/c1ccc(O)cc1)Nc1cccc2ccccc12. The van der Waals surface area contributed by atoms with E-state index in [4.69, 9.17) is 0 Å². The van der Waals surface area contributed by atoms with Crippen molar-refractivity contribution < 1.29 is 9.90 Å². The fraction of sp³-hybridized carbons (Fsp3) is 0. The number of aromatic hydroxyl groups is 1. The number of nitrogens with one attached hydrogen (secondary N) is 1. The third kappa shape index (κ3) is 3.15. The molecule has 0 radical (unpaired) electrons. The molecule has 0 heterocycles. The van der Waals surface area contributed by atoms with Crippen molar-refractivity contribution in [3.63, 3.8) is 0 Å². The summed E-state index contributed by atoms with van der Waals surface area (Å²) in [5.41, 5.74) is 1.64. The van der Waals surface area contributed by atoms with Crippen molar-refractivity contribution in [3.05, 3.63) is 78.4 Å². The first kappa shape index (κ1) is 13.9. The third-order valence-electron chi connectivity index (χ3n) is 3.37. The van der Waals surface area contributed by atoms with E-state index in [1.165, 1.54) is 6.08 Å². The molecule has 0 aromatic heterocycles. The Kier molecular flexibility index (Phi) is 3.88. The smallest absolute Gasteiger partial charge is 0.248 e. The van der Waals surface area contributed by atoms with Gasteiger partial charge in [0, 0.05) is 17.1 Å². The van der Waals surface area contributed by atoms with Gasteiger partial charge in [0.05, 0.1) is 0 Å². The van der Waals surface area contributed by atoms with E-state index in [-0.39, 0.29) is 11.7 Å². The van der Waals surface area contributed by atoms with Gasteiger partial charge < -0.3 is 10.4 Å². The monoisotopic (exact) mass is 289 g/mol. The van der Waals surface area contributed by atoms with Gasteiger partial charge in [-0.2, -0.15) is 0 Å². The number of phenolic OH excluding ortho intramolecular Hbond substituents is 1. The molecule has 2 N–H and O–H groups in total. The predicted octanol–water partition coefficient (Wildman–Crippen LogP) is 4.20. The Balaban J connectivity index is 1.77. The van der Waals surface area contributed by atoms with Gasteiger partial charge in [-0.3, -0.25) is 4.79 Å². The van der Waals surface area contributed by atoms with Crippen molar-refractivity contribution >= 4 is 28.4 Å². The Labute approximate surface area is 128 Å². The molecule has 3 aromatic rings. The Bertz CT molecular complexity index is 830. The van der Waals surface area contributed by atoms with Crippen LogP contribution in [0.15, 0.2) is 72.8 Å². The van der Waals surface area contributed by atoms with Crippen LogP contribution in [-0.2, 0) is 4.79 Å². The van der Waals surface area contributed by atoms with Crippen LogP contribution in [0.25, 0.3) is 16.8 Å². The maximum atomic E-state index is 12.0. The molecular formula is C19H15NO2. The highest BCUT2D eigenvalue weighted by Gasteiger charge is 2.02. The molecule has 3 aromatic carbocycles. The van der Waals surface area contributed by atoms with Crippen LogP contribution in [0.2, 0.25) is 0 Å². The number of hydrogen-bond donors (Lipinski definition) is 2. The predicted molar refractivity (Wildman–Crippen MR) is 89.7 cm³/mol. The van der Waals surface area contributed by atoms with Crippen LogP contribution in [0.3, 0.4) is 0 Å². The lowest BCUT2D eigenvalue weighted by Gasteiger charge is -2.06. The molecule has 0 atom stereocenters. The van der Waals surface area contributed by atoms with E-state index in [9.17, 15) is 9.90 Å². The summed E-state index contributed by atoms with van der Waals surface area (Å²) in [6.45, 7) is 0. The van der Waals surface area contributed by atoms with Crippen LogP contribution in [0, 0.1) is 0 Å². The van der Waals surface area contributed by atoms with Crippen molar-refractivity contribution in [2.24, 2.45) is 0 Å². The number of carbonyl (C=O) groups excluding carboxylic acids is 1. The van der Waals surface area contributed by atoms with Gasteiger partial charge in [-0.25, -0.2) is 0 Å². The quantitative estimate of drug-likeness (QED) is 0.710. The van der Waals surface area contributed by atoms with Crippen LogP contribution in [-0.4, -0.2) is 11.0 Å². The van der Waals surface area contributed by atoms with E-state index in [0.717, 1.165) is 22.0 Å². The molecule has 3 nitrogen and oxygen atoms in total. The van der Waals surface area contributed by atoms with Crippen LogP contribution < -0.4 is 5.32 Å². The van der Waals surface area contributed by atoms with Crippen LogP contribution in [0.1, 0.15) is 5.56 Å². The highest BCUT2D eigenvalue weighted by molar-refractivity contribution is 6.07. The maximum absolute atomic E-state index is 12.0. The molecule has 108 valence electrons. The summed E-state index contributed by atoms with van der Waals surface area (Å²) in [4.78, 5) is 12.0. The second kappa shape index (κ2) is 6.14. The zero-order valence-electron chi connectivity index (χ0n) is 11.9. The molecular weight excluding hydrogens is 274 g/mol. The molecule has 22 heavy (non-hydrogen) atoms. The van der Waals surface area contributed by atoms with Crippen molar-refractivity contribution in [2.45, 2.75) is 0 Å². The van der Waals surface area contributed by atoms with Gasteiger partial charge in [-0.05, 0) is 35.2 Å². The summed E-state index contributed by atoms with van der Waals surface area (Å²) in [5, 5.41) is 14.2. The van der Waals surface area contributed by atoms with Crippen LogP contribution in [0.4, 0.5) is 5.69 Å². The van der Waals surface area contributed by atoms with Gasteiger partial charge in [-0.1, -0.05) is 48.5 Å². The maximum Gasteiger partial charge on any atom is 0.248 e. The molecule has 0 bridgehead atoms. The molecule has 3 heteroatoms. The number of hydrogen-bond acceptors (Lipinski definition) is 2. The summed E-state index contributed by atoms with van der Waals surface area (Å²) in [6, 6.07) is 20.4. The van der Waals surface area contributed by atoms with E-state index < -0.39 is 0 Å². The fourth-order valence-corrected chi connectivity index (χ4v) is 2.27. The molecule has 0 saturated heterocycles. The number of rotatable bonds is 3. The second-order valence-electron chi connectivity index (χ2n) is 4.94. The van der Waals surface area contributed by atoms with Gasteiger partial charge in [0.25, 0.3) is 0 Å². The van der Waals surface area contributed by atoms with Gasteiger partial charge >= 0.3 is 0 Å². The zero-order chi connectivity index (χ0) is 15.4. The summed E-state index contributed by atoms with van der Waals surface area (Å²) in [6.07, 6.45) is 3.19. The minimum absolute atomic E-state index is 0.190. The van der Waals surface area contributed by atoms with Crippen molar-refractivity contribution in [2.75, 3.05) is 5.32 Å². The fourth-order valence-electron chi connectivity index (χ4n) is 2.27. The minimum atomic E-state index is -0.190. The average Bonchev–Trinajstić information content (AvgIpc) is 2.55. The van der Waals surface area contributed by atoms with Gasteiger partial charge in [0.2, 0.25) is 5.91 Å². The lowest BCUT2D eigenvalue weighted by molar-refractivity contribution is -0.111. The average molecular weight is 289 g/mol. The zero-order valence-corrected chi connectivity index (χ0v) is 11.9. The van der Waals surface area contributed by atoms with E-state index >= 15 is 0 Å². The Morgan fingerprint density at radius 1 is 0.909 bits per heavy atom. The van der Waals surface area contributed by atoms with Gasteiger partial charge in [0.15, 0.2) is 0 Å². The first-order chi connectivity index (χ1) is 10.7. The lowest BCUT2D eigenvalue weighted by Crippen LogP contribution is -2.07. The Morgan fingerprint density at radius 3 is 2.45 bits per heavy atom. The van der Waals surface area contributed by atoms with Crippen molar-refractivity contribution in [1.29, 1.82) is 0 Å². The first-order valence-electron chi connectivity index (χ1n) is 6.98. The molecule has 0 saturated carbocycles. The summed E-state index contributed by atoms with van der Waals surface area (Å²) in [5.74, 6) is 0.0155. The minimum Gasteiger partial charge on any atom is -0.508 e. The largest absolute Gasteiger partial charge is 0.508 e. The number of benzene rings is 3. The summed E-state index contributed by atoms with van der Waals surface area (Å²) in [7, 11) is 0. The van der Waals surface area contributed by atoms with Gasteiger partial charge in [0.1, 0.15) is 5.75 Å². The standard InChI is InChI=1S/C19H15NO2/c21-16-11-8-14(9-12-16)10-13-19(22)20-18-7-3-5-15-4-1-2-6-17(15)18/h1-13,21H,(H,20,22)/b13-10+. The molecule has 0 aliphatic heterocycles. The molecule has 0 fully saturated rings. The van der Waals surface area contributed by atoms with E-state index in [2.05, 4.69) is 5.32 Å². The normalized spacial score (nSPS) is 10.9. The highest BCUT2D eigenvalue weighted by Crippen LogP contribution is 2.22. The second-order valence-corrected chi connectivity index (χ2v) is 4.94. The van der Waals surface area contributed by atoms with E-state index in [1.54, 1.807) is 30.3 Å². The molecule has 1 amide bonds. The van der Waals surface area contributed by atoms with Crippen LogP contribution in [0.5, 0.6) is 5.75 Å². The molecule has 3 rings (SSSR count). The lowest BCUT2D eigenvalue weighted by atomic mass is 10.1. The first-order valence-corrected chi connectivity index (χ1v) is 6.98. The third-order valence-corrected chi connectivity index (χ3v) is 3.37. The number of fused-ring (bicyclic) bond motifs is 1. The van der Waals surface area contributed by atoms with Crippen molar-refractivity contribution in [3.8, 4) is 5.75 Å². The number of anilines is 1. The number of amides is 1. The van der Waals surface area contributed by atoms with Crippen molar-refractivity contribution in [1.82, 2.24) is 0 Å². The number of carbonyl (C=O) groups is 1. The molecule has 0 aliphatic carbocycles. The van der Waals surface area contributed by atoms with Gasteiger partial charge in [-0.15, -0.1) is 0 Å². The topological polar surface area (TPSA) is 49.3 Å². The molecule has 0 aliphatic rings. The highest BCUT2D eigenvalue weighted by atomic mass is 16.3.